The summed E-state index contributed by atoms with van der Waals surface area (Å²) in [4.78, 5) is 24.4. The molecule has 0 bridgehead atoms. The van der Waals surface area contributed by atoms with Crippen LogP contribution in [-0.4, -0.2) is 41.5 Å². The average Bonchev–Trinajstić information content (AvgIpc) is 3.02. The number of esters is 1. The fourth-order valence-electron chi connectivity index (χ4n) is 2.96. The fraction of sp³-hybridized carbons (Fsp3) is 0.333. The lowest BCUT2D eigenvalue weighted by Gasteiger charge is -2.23. The maximum absolute atomic E-state index is 12.2. The molecule has 1 fully saturated rings. The van der Waals surface area contributed by atoms with Gasteiger partial charge in [-0.3, -0.25) is 0 Å². The van der Waals surface area contributed by atoms with E-state index in [-0.39, 0.29) is 13.2 Å². The van der Waals surface area contributed by atoms with Gasteiger partial charge in [0.15, 0.2) is 12.1 Å². The van der Waals surface area contributed by atoms with Gasteiger partial charge < -0.3 is 24.6 Å². The van der Waals surface area contributed by atoms with Crippen LogP contribution in [0.5, 0.6) is 0 Å². The smallest absolute Gasteiger partial charge is 0.408 e. The second-order valence-electron chi connectivity index (χ2n) is 6.59. The Kier molecular flexibility index (Phi) is 6.62. The van der Waals surface area contributed by atoms with Crippen molar-refractivity contribution < 1.29 is 28.9 Å². The van der Waals surface area contributed by atoms with Crippen molar-refractivity contribution in [1.29, 1.82) is 0 Å². The molecule has 2 N–H and O–H groups in total. The Morgan fingerprint density at radius 3 is 2.21 bits per heavy atom. The van der Waals surface area contributed by atoms with Crippen molar-refractivity contribution in [2.24, 2.45) is 0 Å². The summed E-state index contributed by atoms with van der Waals surface area (Å²) < 4.78 is 16.2. The molecule has 0 saturated carbocycles. The van der Waals surface area contributed by atoms with Gasteiger partial charge in [-0.2, -0.15) is 0 Å². The van der Waals surface area contributed by atoms with Crippen LogP contribution in [0.25, 0.3) is 0 Å². The minimum Gasteiger partial charge on any atom is -0.455 e. The van der Waals surface area contributed by atoms with E-state index >= 15 is 0 Å². The van der Waals surface area contributed by atoms with Gasteiger partial charge in [-0.15, -0.1) is 0 Å². The number of nitrogens with one attached hydrogen (secondary N) is 1. The predicted octanol–water partition coefficient (Wildman–Crippen LogP) is 2.17. The molecule has 2 aromatic carbocycles. The Morgan fingerprint density at radius 2 is 1.64 bits per heavy atom. The average molecular weight is 385 g/mol. The first-order valence-electron chi connectivity index (χ1n) is 9.06. The van der Waals surface area contributed by atoms with E-state index in [1.807, 2.05) is 60.7 Å². The first-order chi connectivity index (χ1) is 13.5. The van der Waals surface area contributed by atoms with Crippen molar-refractivity contribution >= 4 is 12.1 Å². The number of benzene rings is 2. The molecule has 1 saturated heterocycles. The zero-order valence-corrected chi connectivity index (χ0v) is 15.5. The third kappa shape index (κ3) is 5.09. The number of amides is 1. The molecule has 1 aliphatic rings. The Balaban J connectivity index is 1.62. The standard InChI is InChI=1S/C21H23NO6/c1-14(23)18-19(26-12-15-8-4-2-5-9-15)17(20(24)28-18)22-21(25)27-13-16-10-6-3-7-11-16/h2-11,14,17-19,23H,12-13H2,1H3,(H,22,25)/t14-,17-,18+,19-/m1/s1. The van der Waals surface area contributed by atoms with Crippen LogP contribution >= 0.6 is 0 Å². The van der Waals surface area contributed by atoms with Crippen molar-refractivity contribution in [1.82, 2.24) is 5.32 Å². The molecule has 7 nitrogen and oxygen atoms in total. The first kappa shape index (κ1) is 19.9. The van der Waals surface area contributed by atoms with E-state index in [9.17, 15) is 14.7 Å². The number of aliphatic hydroxyl groups excluding tert-OH is 1. The summed E-state index contributed by atoms with van der Waals surface area (Å²) in [6.45, 7) is 1.79. The van der Waals surface area contributed by atoms with Gasteiger partial charge in [0.25, 0.3) is 0 Å². The monoisotopic (exact) mass is 385 g/mol. The molecule has 1 aliphatic heterocycles. The summed E-state index contributed by atoms with van der Waals surface area (Å²) in [5.41, 5.74) is 1.72. The van der Waals surface area contributed by atoms with E-state index in [0.29, 0.717) is 0 Å². The molecular formula is C21H23NO6. The van der Waals surface area contributed by atoms with Crippen LogP contribution in [0.3, 0.4) is 0 Å². The molecule has 0 unspecified atom stereocenters. The van der Waals surface area contributed by atoms with Gasteiger partial charge in [-0.25, -0.2) is 9.59 Å². The van der Waals surface area contributed by atoms with Crippen LogP contribution < -0.4 is 5.32 Å². The van der Waals surface area contributed by atoms with E-state index in [4.69, 9.17) is 14.2 Å². The Labute approximate surface area is 163 Å². The molecule has 7 heteroatoms. The first-order valence-corrected chi connectivity index (χ1v) is 9.06. The summed E-state index contributed by atoms with van der Waals surface area (Å²) in [7, 11) is 0. The van der Waals surface area contributed by atoms with Crippen molar-refractivity contribution in [3.05, 3.63) is 71.8 Å². The fourth-order valence-corrected chi connectivity index (χ4v) is 2.96. The zero-order valence-electron chi connectivity index (χ0n) is 15.5. The van der Waals surface area contributed by atoms with Crippen LogP contribution in [0, 0.1) is 0 Å². The van der Waals surface area contributed by atoms with Crippen molar-refractivity contribution in [3.8, 4) is 0 Å². The van der Waals surface area contributed by atoms with E-state index in [1.54, 1.807) is 0 Å². The summed E-state index contributed by atoms with van der Waals surface area (Å²) in [6.07, 6.45) is -3.42. The number of aliphatic hydroxyl groups is 1. The summed E-state index contributed by atoms with van der Waals surface area (Å²) in [5.74, 6) is -0.666. The molecule has 0 radical (unpaired) electrons. The number of cyclic esters (lactones) is 1. The van der Waals surface area contributed by atoms with Gasteiger partial charge in [0.2, 0.25) is 0 Å². The highest BCUT2D eigenvalue weighted by atomic mass is 16.6. The summed E-state index contributed by atoms with van der Waals surface area (Å²) in [6, 6.07) is 17.5. The van der Waals surface area contributed by atoms with Gasteiger partial charge >= 0.3 is 12.1 Å². The number of hydrogen-bond acceptors (Lipinski definition) is 6. The van der Waals surface area contributed by atoms with E-state index in [0.717, 1.165) is 11.1 Å². The topological polar surface area (TPSA) is 94.1 Å². The maximum atomic E-state index is 12.2. The second-order valence-corrected chi connectivity index (χ2v) is 6.59. The third-order valence-electron chi connectivity index (χ3n) is 4.41. The highest BCUT2D eigenvalue weighted by Gasteiger charge is 2.48. The minimum absolute atomic E-state index is 0.0732. The normalized spacial score (nSPS) is 22.4. The van der Waals surface area contributed by atoms with Crippen LogP contribution in [-0.2, 0) is 32.2 Å². The summed E-state index contributed by atoms with van der Waals surface area (Å²) >= 11 is 0. The van der Waals surface area contributed by atoms with Crippen LogP contribution in [0.4, 0.5) is 4.79 Å². The largest absolute Gasteiger partial charge is 0.455 e. The number of ether oxygens (including phenoxy) is 3. The predicted molar refractivity (Wildman–Crippen MR) is 100 cm³/mol. The Hall–Kier alpha value is -2.90. The maximum Gasteiger partial charge on any atom is 0.408 e. The molecule has 3 rings (SSSR count). The Morgan fingerprint density at radius 1 is 1.07 bits per heavy atom. The second kappa shape index (κ2) is 9.34. The lowest BCUT2D eigenvalue weighted by atomic mass is 10.0. The van der Waals surface area contributed by atoms with Gasteiger partial charge in [-0.1, -0.05) is 60.7 Å². The van der Waals surface area contributed by atoms with Crippen LogP contribution in [0.15, 0.2) is 60.7 Å². The molecule has 0 spiro atoms. The molecule has 1 heterocycles. The zero-order chi connectivity index (χ0) is 19.9. The number of rotatable bonds is 7. The highest BCUT2D eigenvalue weighted by Crippen LogP contribution is 2.23. The van der Waals surface area contributed by atoms with Gasteiger partial charge in [-0.05, 0) is 18.1 Å². The third-order valence-corrected chi connectivity index (χ3v) is 4.41. The SMILES string of the molecule is C[C@@H](O)[C@@H]1OC(=O)[C@H](NC(=O)OCc2ccccc2)[C@H]1OCc1ccccc1. The highest BCUT2D eigenvalue weighted by molar-refractivity contribution is 5.84. The number of carbonyl (C=O) groups is 2. The van der Waals surface area contributed by atoms with Gasteiger partial charge in [0.05, 0.1) is 12.7 Å². The lowest BCUT2D eigenvalue weighted by molar-refractivity contribution is -0.147. The number of hydrogen-bond donors (Lipinski definition) is 2. The molecule has 2 aromatic rings. The molecule has 0 aromatic heterocycles. The van der Waals surface area contributed by atoms with Crippen LogP contribution in [0.1, 0.15) is 18.1 Å². The molecule has 1 amide bonds. The minimum atomic E-state index is -1.06. The van der Waals surface area contributed by atoms with Crippen LogP contribution in [0.2, 0.25) is 0 Å². The van der Waals surface area contributed by atoms with Crippen molar-refractivity contribution in [2.45, 2.75) is 44.5 Å². The quantitative estimate of drug-likeness (QED) is 0.710. The summed E-state index contributed by atoms with van der Waals surface area (Å²) in [5, 5.41) is 12.4. The van der Waals surface area contributed by atoms with Crippen molar-refractivity contribution in [2.75, 3.05) is 0 Å². The van der Waals surface area contributed by atoms with E-state index in [2.05, 4.69) is 5.32 Å². The molecule has 0 aliphatic carbocycles. The molecule has 28 heavy (non-hydrogen) atoms. The molecule has 148 valence electrons. The van der Waals surface area contributed by atoms with Crippen molar-refractivity contribution in [3.63, 3.8) is 0 Å². The molecule has 4 atom stereocenters. The molecular weight excluding hydrogens is 362 g/mol. The number of alkyl carbamates (subject to hydrolysis) is 1. The van der Waals surface area contributed by atoms with Gasteiger partial charge in [0.1, 0.15) is 12.7 Å². The van der Waals surface area contributed by atoms with E-state index in [1.165, 1.54) is 6.92 Å². The number of carbonyl (C=O) groups excluding carboxylic acids is 2. The van der Waals surface area contributed by atoms with Gasteiger partial charge in [0, 0.05) is 0 Å². The lowest BCUT2D eigenvalue weighted by Crippen LogP contribution is -2.49. The Bertz CT molecular complexity index is 780. The van der Waals surface area contributed by atoms with E-state index < -0.39 is 36.4 Å².